The zero-order valence-corrected chi connectivity index (χ0v) is 10.9. The lowest BCUT2D eigenvalue weighted by Crippen LogP contribution is -2.30. The number of nitrogens with one attached hydrogen (secondary N) is 1. The molecule has 1 heterocycles. The molecule has 0 saturated heterocycles. The molecule has 0 saturated carbocycles. The van der Waals surface area contributed by atoms with Crippen LogP contribution in [0.15, 0.2) is 36.5 Å². The van der Waals surface area contributed by atoms with E-state index in [9.17, 15) is 4.39 Å². The lowest BCUT2D eigenvalue weighted by molar-refractivity contribution is 0.399. The van der Waals surface area contributed by atoms with Crippen LogP contribution < -0.4 is 16.0 Å². The van der Waals surface area contributed by atoms with E-state index in [0.717, 1.165) is 5.56 Å². The monoisotopic (exact) mass is 261 g/mol. The van der Waals surface area contributed by atoms with Gasteiger partial charge in [0, 0.05) is 11.8 Å². The molecule has 100 valence electrons. The number of hydrogen-bond donors (Lipinski definition) is 2. The Morgan fingerprint density at radius 3 is 2.84 bits per heavy atom. The van der Waals surface area contributed by atoms with Gasteiger partial charge >= 0.3 is 0 Å². The Kier molecular flexibility index (Phi) is 4.09. The van der Waals surface area contributed by atoms with E-state index >= 15 is 0 Å². The van der Waals surface area contributed by atoms with Gasteiger partial charge in [-0.05, 0) is 25.1 Å². The lowest BCUT2D eigenvalue weighted by atomic mass is 10.0. The maximum Gasteiger partial charge on any atom is 0.142 e. The summed E-state index contributed by atoms with van der Waals surface area (Å²) >= 11 is 0. The molecule has 1 aromatic carbocycles. The Labute approximate surface area is 111 Å². The van der Waals surface area contributed by atoms with E-state index < -0.39 is 6.04 Å². The van der Waals surface area contributed by atoms with Crippen LogP contribution in [-0.4, -0.2) is 12.1 Å². The minimum absolute atomic E-state index is 0.332. The zero-order chi connectivity index (χ0) is 13.8. The predicted octanol–water partition coefficient (Wildman–Crippen LogP) is 2.09. The van der Waals surface area contributed by atoms with Crippen LogP contribution in [0.2, 0.25) is 0 Å². The SMILES string of the molecule is COc1cccnc1C(NN)c1cc(C)ccc1F. The van der Waals surface area contributed by atoms with E-state index in [4.69, 9.17) is 10.6 Å². The first kappa shape index (κ1) is 13.5. The number of nitrogens with zero attached hydrogens (tertiary/aromatic N) is 1. The number of ether oxygens (including phenoxy) is 1. The first-order chi connectivity index (χ1) is 9.17. The number of aromatic nitrogens is 1. The highest BCUT2D eigenvalue weighted by molar-refractivity contribution is 5.38. The van der Waals surface area contributed by atoms with Crippen LogP contribution in [-0.2, 0) is 0 Å². The summed E-state index contributed by atoms with van der Waals surface area (Å²) < 4.78 is 19.2. The quantitative estimate of drug-likeness (QED) is 0.653. The van der Waals surface area contributed by atoms with Crippen molar-refractivity contribution in [1.29, 1.82) is 0 Å². The highest BCUT2D eigenvalue weighted by atomic mass is 19.1. The maximum absolute atomic E-state index is 14.0. The van der Waals surface area contributed by atoms with E-state index in [1.54, 1.807) is 37.6 Å². The van der Waals surface area contributed by atoms with E-state index in [0.29, 0.717) is 17.0 Å². The molecule has 2 rings (SSSR count). The molecule has 5 heteroatoms. The zero-order valence-electron chi connectivity index (χ0n) is 10.9. The van der Waals surface area contributed by atoms with Crippen molar-refractivity contribution in [2.75, 3.05) is 7.11 Å². The fourth-order valence-corrected chi connectivity index (χ4v) is 1.99. The summed E-state index contributed by atoms with van der Waals surface area (Å²) in [6, 6.07) is 7.83. The number of hydrazine groups is 1. The van der Waals surface area contributed by atoms with Gasteiger partial charge in [-0.3, -0.25) is 10.8 Å². The van der Waals surface area contributed by atoms with Crippen LogP contribution in [0.4, 0.5) is 4.39 Å². The van der Waals surface area contributed by atoms with Crippen molar-refractivity contribution < 1.29 is 9.13 Å². The van der Waals surface area contributed by atoms with Crippen LogP contribution in [0, 0.1) is 12.7 Å². The van der Waals surface area contributed by atoms with Gasteiger partial charge in [0.05, 0.1) is 13.2 Å². The standard InChI is InChI=1S/C14H16FN3O/c1-9-5-6-11(15)10(8-9)13(18-16)14-12(19-2)4-3-7-17-14/h3-8,13,18H,16H2,1-2H3. The number of aryl methyl sites for hydroxylation is 1. The molecule has 0 fully saturated rings. The second-order valence-corrected chi connectivity index (χ2v) is 4.22. The van der Waals surface area contributed by atoms with Crippen LogP contribution in [0.5, 0.6) is 5.75 Å². The molecule has 2 aromatic rings. The number of halogens is 1. The second kappa shape index (κ2) is 5.77. The van der Waals surface area contributed by atoms with Crippen molar-refractivity contribution in [1.82, 2.24) is 10.4 Å². The first-order valence-electron chi connectivity index (χ1n) is 5.88. The molecule has 0 spiro atoms. The van der Waals surface area contributed by atoms with Gasteiger partial charge in [-0.15, -0.1) is 0 Å². The highest BCUT2D eigenvalue weighted by Crippen LogP contribution is 2.29. The van der Waals surface area contributed by atoms with E-state index in [1.807, 2.05) is 6.92 Å². The Hall–Kier alpha value is -1.98. The Balaban J connectivity index is 2.53. The van der Waals surface area contributed by atoms with Crippen molar-refractivity contribution in [2.45, 2.75) is 13.0 Å². The lowest BCUT2D eigenvalue weighted by Gasteiger charge is -2.19. The number of pyridine rings is 1. The largest absolute Gasteiger partial charge is 0.495 e. The van der Waals surface area contributed by atoms with Gasteiger partial charge in [0.2, 0.25) is 0 Å². The third-order valence-corrected chi connectivity index (χ3v) is 2.92. The fraction of sp³-hybridized carbons (Fsp3) is 0.214. The second-order valence-electron chi connectivity index (χ2n) is 4.22. The summed E-state index contributed by atoms with van der Waals surface area (Å²) in [7, 11) is 1.54. The minimum atomic E-state index is -0.559. The molecule has 1 unspecified atom stereocenters. The molecule has 0 radical (unpaired) electrons. The van der Waals surface area contributed by atoms with E-state index in [1.165, 1.54) is 6.07 Å². The molecule has 0 aliphatic rings. The average Bonchev–Trinajstić information content (AvgIpc) is 2.44. The molecule has 3 N–H and O–H groups in total. The van der Waals surface area contributed by atoms with Crippen molar-refractivity contribution in [2.24, 2.45) is 5.84 Å². The van der Waals surface area contributed by atoms with Crippen molar-refractivity contribution in [3.63, 3.8) is 0 Å². The smallest absolute Gasteiger partial charge is 0.142 e. The Morgan fingerprint density at radius 2 is 2.16 bits per heavy atom. The van der Waals surface area contributed by atoms with Gasteiger partial charge in [-0.2, -0.15) is 0 Å². The van der Waals surface area contributed by atoms with Gasteiger partial charge in [-0.25, -0.2) is 9.82 Å². The average molecular weight is 261 g/mol. The number of methoxy groups -OCH3 is 1. The molecule has 0 amide bonds. The summed E-state index contributed by atoms with van der Waals surface area (Å²) in [5.41, 5.74) is 4.54. The number of rotatable bonds is 4. The molecular formula is C14H16FN3O. The summed E-state index contributed by atoms with van der Waals surface area (Å²) in [4.78, 5) is 4.23. The summed E-state index contributed by atoms with van der Waals surface area (Å²) in [5.74, 6) is 5.80. The molecule has 1 atom stereocenters. The minimum Gasteiger partial charge on any atom is -0.495 e. The van der Waals surface area contributed by atoms with Crippen LogP contribution in [0.25, 0.3) is 0 Å². The van der Waals surface area contributed by atoms with Crippen molar-refractivity contribution in [3.8, 4) is 5.75 Å². The predicted molar refractivity (Wildman–Crippen MR) is 71.1 cm³/mol. The fourth-order valence-electron chi connectivity index (χ4n) is 1.99. The van der Waals surface area contributed by atoms with E-state index in [2.05, 4.69) is 10.4 Å². The van der Waals surface area contributed by atoms with Crippen molar-refractivity contribution >= 4 is 0 Å². The Bertz CT molecular complexity index is 574. The maximum atomic E-state index is 14.0. The van der Waals surface area contributed by atoms with E-state index in [-0.39, 0.29) is 5.82 Å². The number of hydrogen-bond acceptors (Lipinski definition) is 4. The normalized spacial score (nSPS) is 12.2. The summed E-state index contributed by atoms with van der Waals surface area (Å²) in [6.45, 7) is 1.90. The number of nitrogens with two attached hydrogens (primary N) is 1. The molecule has 0 aliphatic carbocycles. The third-order valence-electron chi connectivity index (χ3n) is 2.92. The third kappa shape index (κ3) is 2.72. The molecule has 1 aromatic heterocycles. The van der Waals surface area contributed by atoms with Crippen LogP contribution in [0.3, 0.4) is 0 Å². The molecular weight excluding hydrogens is 245 g/mol. The van der Waals surface area contributed by atoms with Gasteiger partial charge in [0.25, 0.3) is 0 Å². The van der Waals surface area contributed by atoms with Crippen LogP contribution in [0.1, 0.15) is 22.9 Å². The molecule has 19 heavy (non-hydrogen) atoms. The van der Waals surface area contributed by atoms with Gasteiger partial charge in [0.1, 0.15) is 17.3 Å². The molecule has 0 bridgehead atoms. The first-order valence-corrected chi connectivity index (χ1v) is 5.88. The molecule has 4 nitrogen and oxygen atoms in total. The van der Waals surface area contributed by atoms with Gasteiger partial charge in [-0.1, -0.05) is 17.7 Å². The topological polar surface area (TPSA) is 60.2 Å². The Morgan fingerprint density at radius 1 is 1.37 bits per heavy atom. The van der Waals surface area contributed by atoms with Gasteiger partial charge in [0.15, 0.2) is 0 Å². The number of benzene rings is 1. The highest BCUT2D eigenvalue weighted by Gasteiger charge is 2.21. The van der Waals surface area contributed by atoms with Crippen LogP contribution >= 0.6 is 0 Å². The summed E-state index contributed by atoms with van der Waals surface area (Å²) in [5, 5.41) is 0. The summed E-state index contributed by atoms with van der Waals surface area (Å²) in [6.07, 6.45) is 1.62. The molecule has 0 aliphatic heterocycles. The van der Waals surface area contributed by atoms with Gasteiger partial charge < -0.3 is 4.74 Å². The van der Waals surface area contributed by atoms with Crippen molar-refractivity contribution in [3.05, 3.63) is 59.2 Å².